The van der Waals surface area contributed by atoms with E-state index in [1.165, 1.54) is 11.5 Å². The van der Waals surface area contributed by atoms with E-state index < -0.39 is 0 Å². The lowest BCUT2D eigenvalue weighted by molar-refractivity contribution is 1.13. The van der Waals surface area contributed by atoms with Gasteiger partial charge in [0, 0.05) is 16.0 Å². The van der Waals surface area contributed by atoms with Gasteiger partial charge in [0.2, 0.25) is 0 Å². The summed E-state index contributed by atoms with van der Waals surface area (Å²) in [5.74, 6) is 0. The van der Waals surface area contributed by atoms with Crippen LogP contribution >= 0.6 is 43.4 Å². The van der Waals surface area contributed by atoms with Crippen molar-refractivity contribution in [3.05, 3.63) is 26.6 Å². The van der Waals surface area contributed by atoms with Crippen LogP contribution in [0.15, 0.2) is 26.6 Å². The number of hydrogen-bond acceptors (Lipinski definition) is 4. The molecule has 0 saturated carbocycles. The molecule has 0 saturated heterocycles. The molecule has 66 valence electrons. The third kappa shape index (κ3) is 1.79. The highest BCUT2D eigenvalue weighted by molar-refractivity contribution is 9.13. The summed E-state index contributed by atoms with van der Waals surface area (Å²) in [7, 11) is 0. The summed E-state index contributed by atoms with van der Waals surface area (Å²) in [6.45, 7) is 0. The zero-order valence-electron chi connectivity index (χ0n) is 6.24. The van der Waals surface area contributed by atoms with Gasteiger partial charge in [-0.25, -0.2) is 0 Å². The average Bonchev–Trinajstić information content (AvgIpc) is 2.62. The smallest absolute Gasteiger partial charge is 0.125 e. The van der Waals surface area contributed by atoms with Crippen LogP contribution in [0.25, 0.3) is 11.4 Å². The van der Waals surface area contributed by atoms with Crippen molar-refractivity contribution in [2.45, 2.75) is 0 Å². The van der Waals surface area contributed by atoms with Gasteiger partial charge in [0.1, 0.15) is 11.4 Å². The molecule has 0 aliphatic rings. The summed E-state index contributed by atoms with van der Waals surface area (Å²) in [4.78, 5) is 4.21. The highest BCUT2D eigenvalue weighted by Crippen LogP contribution is 2.31. The Labute approximate surface area is 95.6 Å². The minimum Gasteiger partial charge on any atom is -0.253 e. The predicted octanol–water partition coefficient (Wildman–Crippen LogP) is 3.13. The van der Waals surface area contributed by atoms with Crippen molar-refractivity contribution in [2.75, 3.05) is 0 Å². The Morgan fingerprint density at radius 1 is 1.31 bits per heavy atom. The van der Waals surface area contributed by atoms with E-state index >= 15 is 0 Å². The molecule has 6 heteroatoms. The van der Waals surface area contributed by atoms with E-state index in [4.69, 9.17) is 0 Å². The lowest BCUT2D eigenvalue weighted by Gasteiger charge is -1.99. The molecule has 0 bridgehead atoms. The molecule has 2 heterocycles. The van der Waals surface area contributed by atoms with Gasteiger partial charge in [0.15, 0.2) is 0 Å². The molecule has 2 aromatic rings. The lowest BCUT2D eigenvalue weighted by Crippen LogP contribution is -1.85. The minimum atomic E-state index is 0.790. The zero-order chi connectivity index (χ0) is 9.26. The molecular formula is C7H3Br2N3S. The molecule has 0 atom stereocenters. The van der Waals surface area contributed by atoms with E-state index in [2.05, 4.69) is 46.4 Å². The van der Waals surface area contributed by atoms with E-state index in [0.717, 1.165) is 20.3 Å². The second kappa shape index (κ2) is 3.81. The Bertz CT molecular complexity index is 416. The average molecular weight is 321 g/mol. The molecule has 0 N–H and O–H groups in total. The summed E-state index contributed by atoms with van der Waals surface area (Å²) in [6, 6.07) is 1.87. The fourth-order valence-corrected chi connectivity index (χ4v) is 2.05. The van der Waals surface area contributed by atoms with Gasteiger partial charge in [0.25, 0.3) is 0 Å². The maximum absolute atomic E-state index is 4.21. The van der Waals surface area contributed by atoms with Gasteiger partial charge in [-0.05, 0) is 49.5 Å². The van der Waals surface area contributed by atoms with Crippen molar-refractivity contribution in [3.63, 3.8) is 0 Å². The largest absolute Gasteiger partial charge is 0.253 e. The first-order chi connectivity index (χ1) is 6.29. The molecule has 0 unspecified atom stereocenters. The van der Waals surface area contributed by atoms with E-state index in [-0.39, 0.29) is 0 Å². The number of aromatic nitrogens is 3. The summed E-state index contributed by atoms with van der Waals surface area (Å²) in [5.41, 5.74) is 1.60. The summed E-state index contributed by atoms with van der Waals surface area (Å²) >= 11 is 8.14. The van der Waals surface area contributed by atoms with Crippen molar-refractivity contribution >= 4 is 43.4 Å². The normalized spacial score (nSPS) is 10.3. The Morgan fingerprint density at radius 3 is 2.85 bits per heavy atom. The van der Waals surface area contributed by atoms with Crippen LogP contribution in [0.4, 0.5) is 0 Å². The molecule has 0 amide bonds. The fraction of sp³-hybridized carbons (Fsp3) is 0. The lowest BCUT2D eigenvalue weighted by atomic mass is 10.3. The molecule has 0 spiro atoms. The first-order valence-electron chi connectivity index (χ1n) is 3.36. The number of rotatable bonds is 1. The number of hydrogen-bond donors (Lipinski definition) is 0. The third-order valence-corrected chi connectivity index (χ3v) is 3.94. The van der Waals surface area contributed by atoms with Gasteiger partial charge in [-0.3, -0.25) is 4.98 Å². The molecule has 0 fully saturated rings. The quantitative estimate of drug-likeness (QED) is 0.810. The van der Waals surface area contributed by atoms with Crippen LogP contribution in [0.3, 0.4) is 0 Å². The molecule has 0 aliphatic carbocycles. The fourth-order valence-electron chi connectivity index (χ4n) is 0.867. The highest BCUT2D eigenvalue weighted by atomic mass is 79.9. The predicted molar refractivity (Wildman–Crippen MR) is 58.5 cm³/mol. The van der Waals surface area contributed by atoms with Crippen LogP contribution in [0.2, 0.25) is 0 Å². The molecule has 3 nitrogen and oxygen atoms in total. The van der Waals surface area contributed by atoms with Crippen LogP contribution in [-0.2, 0) is 0 Å². The van der Waals surface area contributed by atoms with Crippen molar-refractivity contribution in [2.24, 2.45) is 0 Å². The van der Waals surface area contributed by atoms with Crippen molar-refractivity contribution in [1.29, 1.82) is 0 Å². The number of nitrogens with zero attached hydrogens (tertiary/aromatic N) is 3. The van der Waals surface area contributed by atoms with Gasteiger partial charge in [-0.1, -0.05) is 4.49 Å². The Kier molecular flexibility index (Phi) is 2.71. The van der Waals surface area contributed by atoms with Gasteiger partial charge in [-0.2, -0.15) is 0 Å². The van der Waals surface area contributed by atoms with E-state index in [9.17, 15) is 0 Å². The molecule has 0 aliphatic heterocycles. The van der Waals surface area contributed by atoms with Crippen LogP contribution in [0, 0.1) is 0 Å². The van der Waals surface area contributed by atoms with Crippen molar-refractivity contribution < 1.29 is 0 Å². The molecular weight excluding hydrogens is 318 g/mol. The first kappa shape index (κ1) is 9.23. The SMILES string of the molecule is Brc1ccnc(-c2csnn2)c1Br. The Morgan fingerprint density at radius 2 is 2.15 bits per heavy atom. The maximum atomic E-state index is 4.21. The summed E-state index contributed by atoms with van der Waals surface area (Å²) in [5, 5.41) is 5.80. The van der Waals surface area contributed by atoms with Crippen molar-refractivity contribution in [3.8, 4) is 11.4 Å². The molecule has 0 aromatic carbocycles. The van der Waals surface area contributed by atoms with Crippen LogP contribution in [-0.4, -0.2) is 14.6 Å². The molecule has 13 heavy (non-hydrogen) atoms. The third-order valence-electron chi connectivity index (χ3n) is 1.44. The zero-order valence-corrected chi connectivity index (χ0v) is 10.2. The van der Waals surface area contributed by atoms with Gasteiger partial charge < -0.3 is 0 Å². The standard InChI is InChI=1S/C7H3Br2N3S/c8-4-1-2-10-7(6(4)9)5-3-13-12-11-5/h1-3H. The summed E-state index contributed by atoms with van der Waals surface area (Å²) in [6.07, 6.45) is 1.73. The first-order valence-corrected chi connectivity index (χ1v) is 5.78. The molecule has 2 rings (SSSR count). The van der Waals surface area contributed by atoms with Gasteiger partial charge in [0.05, 0.1) is 4.47 Å². The van der Waals surface area contributed by atoms with Crippen LogP contribution in [0.5, 0.6) is 0 Å². The van der Waals surface area contributed by atoms with Gasteiger partial charge in [-0.15, -0.1) is 5.10 Å². The second-order valence-electron chi connectivity index (χ2n) is 2.25. The Hall–Kier alpha value is -0.330. The monoisotopic (exact) mass is 319 g/mol. The highest BCUT2D eigenvalue weighted by Gasteiger charge is 2.09. The van der Waals surface area contributed by atoms with E-state index in [1.807, 2.05) is 11.4 Å². The second-order valence-corrected chi connectivity index (χ2v) is 4.50. The number of pyridine rings is 1. The minimum absolute atomic E-state index is 0.790. The van der Waals surface area contributed by atoms with Crippen LogP contribution < -0.4 is 0 Å². The maximum Gasteiger partial charge on any atom is 0.125 e. The number of halogens is 2. The van der Waals surface area contributed by atoms with E-state index in [1.54, 1.807) is 6.20 Å². The summed E-state index contributed by atoms with van der Waals surface area (Å²) < 4.78 is 5.65. The molecule has 0 radical (unpaired) electrons. The van der Waals surface area contributed by atoms with Crippen LogP contribution in [0.1, 0.15) is 0 Å². The Balaban J connectivity index is 2.59. The van der Waals surface area contributed by atoms with E-state index in [0.29, 0.717) is 0 Å². The topological polar surface area (TPSA) is 38.7 Å². The van der Waals surface area contributed by atoms with Gasteiger partial charge >= 0.3 is 0 Å². The van der Waals surface area contributed by atoms with Crippen molar-refractivity contribution in [1.82, 2.24) is 14.6 Å². The molecule has 2 aromatic heterocycles.